The molecule has 122 valence electrons. The van der Waals surface area contributed by atoms with Gasteiger partial charge in [0.1, 0.15) is 5.82 Å². The second-order valence-electron chi connectivity index (χ2n) is 5.52. The van der Waals surface area contributed by atoms with Crippen molar-refractivity contribution in [2.24, 2.45) is 0 Å². The number of amides is 3. The largest absolute Gasteiger partial charge is 0.338 e. The molecule has 0 aliphatic carbocycles. The van der Waals surface area contributed by atoms with Gasteiger partial charge in [-0.2, -0.15) is 0 Å². The quantitative estimate of drug-likeness (QED) is 0.830. The van der Waals surface area contributed by atoms with Crippen LogP contribution in [0.15, 0.2) is 18.2 Å². The third-order valence-corrected chi connectivity index (χ3v) is 5.12. The standard InChI is InChI=1S/C15H14ClFN2O3S/c16-11-3-1-9(5-12(11)17)2-4-13(20)18-6-10(7-18)19-14(21)8-23-15(19)22/h1,3,5,10H,2,4,6-8H2. The molecule has 3 rings (SSSR count). The van der Waals surface area contributed by atoms with Gasteiger partial charge in [-0.05, 0) is 24.1 Å². The summed E-state index contributed by atoms with van der Waals surface area (Å²) in [6, 6.07) is 4.28. The molecule has 1 aromatic carbocycles. The first-order valence-electron chi connectivity index (χ1n) is 7.16. The van der Waals surface area contributed by atoms with E-state index in [1.807, 2.05) is 0 Å². The van der Waals surface area contributed by atoms with E-state index in [2.05, 4.69) is 0 Å². The van der Waals surface area contributed by atoms with Crippen molar-refractivity contribution >= 4 is 40.4 Å². The number of halogens is 2. The topological polar surface area (TPSA) is 57.7 Å². The van der Waals surface area contributed by atoms with Crippen LogP contribution in [-0.2, 0) is 16.0 Å². The van der Waals surface area contributed by atoms with Crippen LogP contribution in [0.25, 0.3) is 0 Å². The van der Waals surface area contributed by atoms with Crippen LogP contribution >= 0.6 is 23.4 Å². The molecule has 0 spiro atoms. The van der Waals surface area contributed by atoms with E-state index in [1.54, 1.807) is 11.0 Å². The van der Waals surface area contributed by atoms with E-state index < -0.39 is 5.82 Å². The Balaban J connectivity index is 1.48. The van der Waals surface area contributed by atoms with Gasteiger partial charge in [0.2, 0.25) is 11.8 Å². The molecule has 23 heavy (non-hydrogen) atoms. The summed E-state index contributed by atoms with van der Waals surface area (Å²) in [5.41, 5.74) is 0.707. The Hall–Kier alpha value is -1.60. The van der Waals surface area contributed by atoms with Crippen molar-refractivity contribution in [1.82, 2.24) is 9.80 Å². The normalized spacial score (nSPS) is 18.5. The fraction of sp³-hybridized carbons (Fsp3) is 0.400. The monoisotopic (exact) mass is 356 g/mol. The molecule has 8 heteroatoms. The van der Waals surface area contributed by atoms with Crippen molar-refractivity contribution in [3.63, 3.8) is 0 Å². The Bertz CT molecular complexity index is 663. The van der Waals surface area contributed by atoms with E-state index in [-0.39, 0.29) is 40.3 Å². The number of nitrogens with zero attached hydrogens (tertiary/aromatic N) is 2. The molecule has 0 atom stereocenters. The summed E-state index contributed by atoms with van der Waals surface area (Å²) in [4.78, 5) is 38.1. The van der Waals surface area contributed by atoms with E-state index in [0.29, 0.717) is 25.1 Å². The number of benzene rings is 1. The Morgan fingerprint density at radius 3 is 2.70 bits per heavy atom. The summed E-state index contributed by atoms with van der Waals surface area (Å²) >= 11 is 6.61. The third-order valence-electron chi connectivity index (χ3n) is 3.98. The highest BCUT2D eigenvalue weighted by atomic mass is 35.5. The molecule has 2 fully saturated rings. The molecule has 0 unspecified atom stereocenters. The van der Waals surface area contributed by atoms with Gasteiger partial charge in [0.05, 0.1) is 16.8 Å². The van der Waals surface area contributed by atoms with Crippen LogP contribution in [0.5, 0.6) is 0 Å². The number of aryl methyl sites for hydroxylation is 1. The molecule has 0 aromatic heterocycles. The second kappa shape index (κ2) is 6.49. The molecule has 2 aliphatic heterocycles. The molecule has 0 radical (unpaired) electrons. The number of hydrogen-bond acceptors (Lipinski definition) is 4. The first-order valence-corrected chi connectivity index (χ1v) is 8.52. The zero-order valence-electron chi connectivity index (χ0n) is 12.1. The summed E-state index contributed by atoms with van der Waals surface area (Å²) in [5.74, 6) is -0.563. The summed E-state index contributed by atoms with van der Waals surface area (Å²) in [5, 5.41) is -0.174. The van der Waals surface area contributed by atoms with Gasteiger partial charge in [-0.25, -0.2) is 4.39 Å². The number of hydrogen-bond donors (Lipinski definition) is 0. The zero-order valence-corrected chi connectivity index (χ0v) is 13.7. The van der Waals surface area contributed by atoms with Gasteiger partial charge in [-0.1, -0.05) is 29.4 Å². The number of likely N-dealkylation sites (tertiary alicyclic amines) is 1. The maximum atomic E-state index is 13.3. The van der Waals surface area contributed by atoms with E-state index in [4.69, 9.17) is 11.6 Å². The number of rotatable bonds is 4. The molecule has 5 nitrogen and oxygen atoms in total. The van der Waals surface area contributed by atoms with Crippen molar-refractivity contribution in [3.8, 4) is 0 Å². The first kappa shape index (κ1) is 16.3. The lowest BCUT2D eigenvalue weighted by Crippen LogP contribution is -2.62. The van der Waals surface area contributed by atoms with Crippen LogP contribution in [0.2, 0.25) is 5.02 Å². The van der Waals surface area contributed by atoms with E-state index in [0.717, 1.165) is 11.8 Å². The van der Waals surface area contributed by atoms with Crippen molar-refractivity contribution in [2.75, 3.05) is 18.8 Å². The summed E-state index contributed by atoms with van der Waals surface area (Å²) < 4.78 is 13.3. The maximum Gasteiger partial charge on any atom is 0.289 e. The lowest BCUT2D eigenvalue weighted by molar-refractivity contribution is -0.142. The minimum atomic E-state index is -0.496. The number of imide groups is 1. The average molecular weight is 357 g/mol. The SMILES string of the molecule is O=C(CCc1ccc(Cl)c(F)c1)N1CC(N2C(=O)CSC2=O)C1. The Morgan fingerprint density at radius 1 is 1.35 bits per heavy atom. The van der Waals surface area contributed by atoms with Crippen LogP contribution in [0, 0.1) is 5.82 Å². The molecule has 2 saturated heterocycles. The summed E-state index contributed by atoms with van der Waals surface area (Å²) in [7, 11) is 0. The Morgan fingerprint density at radius 2 is 2.09 bits per heavy atom. The van der Waals surface area contributed by atoms with E-state index in [1.165, 1.54) is 17.0 Å². The van der Waals surface area contributed by atoms with Crippen molar-refractivity contribution in [1.29, 1.82) is 0 Å². The molecular formula is C15H14ClFN2O3S. The molecule has 0 saturated carbocycles. The fourth-order valence-electron chi connectivity index (χ4n) is 2.64. The highest BCUT2D eigenvalue weighted by molar-refractivity contribution is 8.14. The van der Waals surface area contributed by atoms with Crippen LogP contribution in [0.3, 0.4) is 0 Å². The lowest BCUT2D eigenvalue weighted by atomic mass is 10.0. The van der Waals surface area contributed by atoms with Gasteiger partial charge in [0.15, 0.2) is 0 Å². The number of carbonyl (C=O) groups is 3. The third kappa shape index (κ3) is 3.35. The second-order valence-corrected chi connectivity index (χ2v) is 6.85. The van der Waals surface area contributed by atoms with Gasteiger partial charge in [-0.3, -0.25) is 19.3 Å². The number of thioether (sulfide) groups is 1. The summed E-state index contributed by atoms with van der Waals surface area (Å²) in [6.07, 6.45) is 0.677. The molecule has 0 bridgehead atoms. The van der Waals surface area contributed by atoms with Gasteiger partial charge >= 0.3 is 0 Å². The molecular weight excluding hydrogens is 343 g/mol. The first-order chi connectivity index (χ1) is 11.0. The van der Waals surface area contributed by atoms with Gasteiger partial charge in [0, 0.05) is 19.5 Å². The minimum Gasteiger partial charge on any atom is -0.338 e. The van der Waals surface area contributed by atoms with E-state index in [9.17, 15) is 18.8 Å². The van der Waals surface area contributed by atoms with Crippen LogP contribution in [0.4, 0.5) is 9.18 Å². The number of carbonyl (C=O) groups excluding carboxylic acids is 3. The highest BCUT2D eigenvalue weighted by Crippen LogP contribution is 2.26. The highest BCUT2D eigenvalue weighted by Gasteiger charge is 2.43. The minimum absolute atomic E-state index is 0.0588. The van der Waals surface area contributed by atoms with Gasteiger partial charge in [-0.15, -0.1) is 0 Å². The van der Waals surface area contributed by atoms with Gasteiger partial charge in [0.25, 0.3) is 5.24 Å². The molecule has 2 aliphatic rings. The van der Waals surface area contributed by atoms with E-state index >= 15 is 0 Å². The maximum absolute atomic E-state index is 13.3. The smallest absolute Gasteiger partial charge is 0.289 e. The molecule has 0 N–H and O–H groups in total. The van der Waals surface area contributed by atoms with Crippen LogP contribution < -0.4 is 0 Å². The van der Waals surface area contributed by atoms with Crippen LogP contribution in [-0.4, -0.2) is 51.7 Å². The molecule has 3 amide bonds. The van der Waals surface area contributed by atoms with Gasteiger partial charge < -0.3 is 4.90 Å². The summed E-state index contributed by atoms with van der Waals surface area (Å²) in [6.45, 7) is 0.762. The Labute approximate surface area is 141 Å². The zero-order chi connectivity index (χ0) is 16.6. The Kier molecular flexibility index (Phi) is 4.59. The fourth-order valence-corrected chi connectivity index (χ4v) is 3.54. The lowest BCUT2D eigenvalue weighted by Gasteiger charge is -2.42. The van der Waals surface area contributed by atoms with Crippen LogP contribution in [0.1, 0.15) is 12.0 Å². The van der Waals surface area contributed by atoms with Crippen molar-refractivity contribution < 1.29 is 18.8 Å². The predicted octanol–water partition coefficient (Wildman–Crippen LogP) is 2.32. The molecule has 1 aromatic rings. The predicted molar refractivity (Wildman–Crippen MR) is 84.8 cm³/mol. The average Bonchev–Trinajstić information content (AvgIpc) is 2.79. The molecule has 2 heterocycles. The van der Waals surface area contributed by atoms with Crippen molar-refractivity contribution in [2.45, 2.75) is 18.9 Å². The van der Waals surface area contributed by atoms with Crippen molar-refractivity contribution in [3.05, 3.63) is 34.6 Å².